The molecule has 1 fully saturated rings. The number of amides is 5. The quantitative estimate of drug-likeness (QED) is 0.529. The summed E-state index contributed by atoms with van der Waals surface area (Å²) in [6.45, 7) is 3.59. The number of anilines is 1. The lowest BCUT2D eigenvalue weighted by molar-refractivity contribution is -0.143. The first-order valence-electron chi connectivity index (χ1n) is 9.40. The third-order valence-electron chi connectivity index (χ3n) is 4.26. The fraction of sp³-hybridized carbons (Fsp3) is 0.238. The molecular formula is C21H21N3O6. The van der Waals surface area contributed by atoms with Gasteiger partial charge in [-0.2, -0.15) is 0 Å². The van der Waals surface area contributed by atoms with Crippen LogP contribution in [-0.4, -0.2) is 53.2 Å². The number of carbonyl (C=O) groups excluding carboxylic acids is 4. The third-order valence-corrected chi connectivity index (χ3v) is 4.26. The largest absolute Gasteiger partial charge is 0.494 e. The lowest BCUT2D eigenvalue weighted by atomic mass is 10.3. The van der Waals surface area contributed by atoms with Gasteiger partial charge >= 0.3 is 17.8 Å². The first-order chi connectivity index (χ1) is 14.4. The first-order valence-corrected chi connectivity index (χ1v) is 9.40. The molecule has 0 saturated carbocycles. The molecule has 0 unspecified atom stereocenters. The third kappa shape index (κ3) is 4.57. The Labute approximate surface area is 173 Å². The summed E-state index contributed by atoms with van der Waals surface area (Å²) in [7, 11) is 0. The van der Waals surface area contributed by atoms with Crippen LogP contribution in [0.3, 0.4) is 0 Å². The van der Waals surface area contributed by atoms with Crippen molar-refractivity contribution >= 4 is 29.4 Å². The van der Waals surface area contributed by atoms with Crippen molar-refractivity contribution in [3.8, 4) is 17.2 Å². The van der Waals surface area contributed by atoms with E-state index < -0.39 is 30.3 Å². The zero-order chi connectivity index (χ0) is 21.7. The lowest BCUT2D eigenvalue weighted by Gasteiger charge is -2.14. The van der Waals surface area contributed by atoms with Crippen molar-refractivity contribution in [3.05, 3.63) is 48.5 Å². The molecule has 156 valence electrons. The van der Waals surface area contributed by atoms with Gasteiger partial charge in [0.25, 0.3) is 0 Å². The minimum absolute atomic E-state index is 0.0668. The van der Waals surface area contributed by atoms with Crippen LogP contribution in [0.5, 0.6) is 17.2 Å². The number of ether oxygens (including phenoxy) is 2. The number of imide groups is 2. The van der Waals surface area contributed by atoms with Gasteiger partial charge in [0.15, 0.2) is 0 Å². The molecule has 30 heavy (non-hydrogen) atoms. The van der Waals surface area contributed by atoms with Crippen LogP contribution in [0, 0.1) is 0 Å². The summed E-state index contributed by atoms with van der Waals surface area (Å²) in [5, 5.41) is 2.58. The molecule has 1 aliphatic rings. The molecule has 5 amide bonds. The van der Waals surface area contributed by atoms with E-state index >= 15 is 0 Å². The van der Waals surface area contributed by atoms with Gasteiger partial charge in [-0.25, -0.2) is 9.69 Å². The van der Waals surface area contributed by atoms with Crippen LogP contribution in [0.25, 0.3) is 0 Å². The Hall–Kier alpha value is -3.88. The standard InChI is InChI=1S/C21H21N3O6/c1-3-23-19(26)20(27)24(21(23)28)13-18(25)22-14-5-7-16(8-6-14)30-17-11-9-15(10-12-17)29-4-2/h5-12H,3-4,13H2,1-2H3,(H,22,25). The number of nitrogens with one attached hydrogen (secondary N) is 1. The molecule has 9 heteroatoms. The van der Waals surface area contributed by atoms with E-state index in [2.05, 4.69) is 5.32 Å². The van der Waals surface area contributed by atoms with Gasteiger partial charge in [-0.1, -0.05) is 0 Å². The number of urea groups is 1. The molecule has 9 nitrogen and oxygen atoms in total. The Morgan fingerprint density at radius 2 is 1.37 bits per heavy atom. The molecule has 0 bridgehead atoms. The van der Waals surface area contributed by atoms with Crippen molar-refractivity contribution in [2.75, 3.05) is 25.0 Å². The van der Waals surface area contributed by atoms with Crippen LogP contribution < -0.4 is 14.8 Å². The molecular weight excluding hydrogens is 390 g/mol. The van der Waals surface area contributed by atoms with Gasteiger partial charge in [-0.15, -0.1) is 0 Å². The molecule has 3 rings (SSSR count). The molecule has 1 aliphatic heterocycles. The zero-order valence-corrected chi connectivity index (χ0v) is 16.6. The highest BCUT2D eigenvalue weighted by Crippen LogP contribution is 2.25. The zero-order valence-electron chi connectivity index (χ0n) is 16.6. The average molecular weight is 411 g/mol. The number of likely N-dealkylation sites (N-methyl/N-ethyl adjacent to an activating group) is 1. The van der Waals surface area contributed by atoms with Gasteiger partial charge in [-0.05, 0) is 62.4 Å². The second kappa shape index (κ2) is 9.08. The molecule has 1 saturated heterocycles. The van der Waals surface area contributed by atoms with E-state index in [-0.39, 0.29) is 6.54 Å². The smallest absolute Gasteiger partial charge is 0.334 e. The monoisotopic (exact) mass is 411 g/mol. The number of hydrogen-bond acceptors (Lipinski definition) is 6. The Morgan fingerprint density at radius 3 is 1.90 bits per heavy atom. The summed E-state index contributed by atoms with van der Waals surface area (Å²) >= 11 is 0. The predicted octanol–water partition coefficient (Wildman–Crippen LogP) is 2.63. The number of hydrogen-bond donors (Lipinski definition) is 1. The molecule has 2 aromatic rings. The van der Waals surface area contributed by atoms with Crippen molar-refractivity contribution in [1.82, 2.24) is 9.80 Å². The second-order valence-electron chi connectivity index (χ2n) is 6.30. The molecule has 0 aromatic heterocycles. The van der Waals surface area contributed by atoms with Gasteiger partial charge in [0.2, 0.25) is 5.91 Å². The summed E-state index contributed by atoms with van der Waals surface area (Å²) in [4.78, 5) is 49.2. The lowest BCUT2D eigenvalue weighted by Crippen LogP contribution is -2.38. The van der Waals surface area contributed by atoms with Crippen molar-refractivity contribution in [1.29, 1.82) is 0 Å². The summed E-state index contributed by atoms with van der Waals surface area (Å²) in [6, 6.07) is 13.0. The van der Waals surface area contributed by atoms with Crippen molar-refractivity contribution < 1.29 is 28.7 Å². The fourth-order valence-electron chi connectivity index (χ4n) is 2.83. The topological polar surface area (TPSA) is 105 Å². The minimum Gasteiger partial charge on any atom is -0.494 e. The predicted molar refractivity (Wildman–Crippen MR) is 107 cm³/mol. The average Bonchev–Trinajstić information content (AvgIpc) is 2.94. The van der Waals surface area contributed by atoms with Crippen LogP contribution in [0.2, 0.25) is 0 Å². The highest BCUT2D eigenvalue weighted by molar-refractivity contribution is 6.45. The van der Waals surface area contributed by atoms with E-state index in [1.54, 1.807) is 55.5 Å². The number of carbonyl (C=O) groups is 4. The Bertz CT molecular complexity index is 956. The summed E-state index contributed by atoms with van der Waals surface area (Å²) < 4.78 is 11.1. The molecule has 1 N–H and O–H groups in total. The summed E-state index contributed by atoms with van der Waals surface area (Å²) in [5.74, 6) is -0.579. The van der Waals surface area contributed by atoms with Gasteiger partial charge in [0, 0.05) is 12.2 Å². The van der Waals surface area contributed by atoms with E-state index in [1.165, 1.54) is 0 Å². The number of nitrogens with zero attached hydrogens (tertiary/aromatic N) is 2. The van der Waals surface area contributed by atoms with Crippen LogP contribution in [0.15, 0.2) is 48.5 Å². The maximum atomic E-state index is 12.2. The van der Waals surface area contributed by atoms with E-state index in [1.807, 2.05) is 6.92 Å². The van der Waals surface area contributed by atoms with Crippen molar-refractivity contribution in [3.63, 3.8) is 0 Å². The van der Waals surface area contributed by atoms with Gasteiger partial charge in [0.1, 0.15) is 23.8 Å². The summed E-state index contributed by atoms with van der Waals surface area (Å²) in [6.07, 6.45) is 0. The van der Waals surface area contributed by atoms with E-state index in [0.29, 0.717) is 28.7 Å². The van der Waals surface area contributed by atoms with Crippen LogP contribution in [0.1, 0.15) is 13.8 Å². The highest BCUT2D eigenvalue weighted by atomic mass is 16.5. The van der Waals surface area contributed by atoms with Crippen LogP contribution >= 0.6 is 0 Å². The van der Waals surface area contributed by atoms with Crippen LogP contribution in [0.4, 0.5) is 10.5 Å². The molecule has 0 spiro atoms. The number of benzene rings is 2. The van der Waals surface area contributed by atoms with Gasteiger partial charge < -0.3 is 14.8 Å². The molecule has 0 aliphatic carbocycles. The van der Waals surface area contributed by atoms with E-state index in [4.69, 9.17) is 9.47 Å². The SMILES string of the molecule is CCOc1ccc(Oc2ccc(NC(=O)CN3C(=O)C(=O)N(CC)C3=O)cc2)cc1. The van der Waals surface area contributed by atoms with E-state index in [0.717, 1.165) is 10.6 Å². The molecule has 2 aromatic carbocycles. The Balaban J connectivity index is 1.56. The Morgan fingerprint density at radius 1 is 0.833 bits per heavy atom. The number of rotatable bonds is 8. The first kappa shape index (κ1) is 20.8. The summed E-state index contributed by atoms with van der Waals surface area (Å²) in [5.41, 5.74) is 0.455. The van der Waals surface area contributed by atoms with Gasteiger partial charge in [0.05, 0.1) is 6.61 Å². The van der Waals surface area contributed by atoms with E-state index in [9.17, 15) is 19.2 Å². The second-order valence-corrected chi connectivity index (χ2v) is 6.30. The van der Waals surface area contributed by atoms with Gasteiger partial charge in [-0.3, -0.25) is 19.3 Å². The van der Waals surface area contributed by atoms with Crippen molar-refractivity contribution in [2.24, 2.45) is 0 Å². The molecule has 0 radical (unpaired) electrons. The van der Waals surface area contributed by atoms with Crippen molar-refractivity contribution in [2.45, 2.75) is 13.8 Å². The molecule has 0 atom stereocenters. The Kier molecular flexibility index (Phi) is 6.31. The molecule has 1 heterocycles. The maximum absolute atomic E-state index is 12.2. The highest BCUT2D eigenvalue weighted by Gasteiger charge is 2.44. The minimum atomic E-state index is -1.00. The van der Waals surface area contributed by atoms with Crippen LogP contribution in [-0.2, 0) is 14.4 Å². The maximum Gasteiger partial charge on any atom is 0.334 e. The fourth-order valence-corrected chi connectivity index (χ4v) is 2.83. The normalized spacial score (nSPS) is 13.6.